The Kier molecular flexibility index (Phi) is 3.61. The van der Waals surface area contributed by atoms with E-state index in [0.29, 0.717) is 6.04 Å². The number of aryl methyl sites for hydroxylation is 1. The van der Waals surface area contributed by atoms with E-state index in [1.165, 1.54) is 6.42 Å². The molecule has 0 saturated heterocycles. The Hall–Kier alpha value is -0.580. The number of alkyl halides is 1. The van der Waals surface area contributed by atoms with Crippen LogP contribution in [-0.4, -0.2) is 15.1 Å². The second-order valence-electron chi connectivity index (χ2n) is 3.97. The molecular formula is C10H15BrN2O2. The molecule has 5 heteroatoms. The summed E-state index contributed by atoms with van der Waals surface area (Å²) >= 11 is 3.42. The lowest BCUT2D eigenvalue weighted by Crippen LogP contribution is -2.21. The van der Waals surface area contributed by atoms with E-state index in [2.05, 4.69) is 21.1 Å². The molecule has 1 aliphatic rings. The summed E-state index contributed by atoms with van der Waals surface area (Å²) in [7, 11) is 0. The van der Waals surface area contributed by atoms with Gasteiger partial charge in [-0.25, -0.2) is 4.79 Å². The fourth-order valence-electron chi connectivity index (χ4n) is 2.19. The number of halogens is 1. The van der Waals surface area contributed by atoms with Gasteiger partial charge in [0.25, 0.3) is 0 Å². The molecule has 0 fully saturated rings. The molecule has 15 heavy (non-hydrogen) atoms. The van der Waals surface area contributed by atoms with Crippen LogP contribution in [0.25, 0.3) is 0 Å². The van der Waals surface area contributed by atoms with Gasteiger partial charge in [-0.15, -0.1) is 0 Å². The van der Waals surface area contributed by atoms with Crippen LogP contribution in [0.3, 0.4) is 0 Å². The molecule has 0 N–H and O–H groups in total. The summed E-state index contributed by atoms with van der Waals surface area (Å²) in [5.74, 6) is 0.545. The summed E-state index contributed by atoms with van der Waals surface area (Å²) in [5, 5.41) is 4.82. The second-order valence-corrected chi connectivity index (χ2v) is 4.76. The third-order valence-corrected chi connectivity index (χ3v) is 3.49. The minimum atomic E-state index is -0.286. The van der Waals surface area contributed by atoms with Crippen molar-refractivity contribution in [2.75, 3.05) is 5.33 Å². The minimum absolute atomic E-state index is 0.286. The Morgan fingerprint density at radius 2 is 2.40 bits per heavy atom. The summed E-state index contributed by atoms with van der Waals surface area (Å²) in [4.78, 5) is 11.5. The zero-order valence-electron chi connectivity index (χ0n) is 8.62. The Balaban J connectivity index is 2.23. The number of aromatic nitrogens is 2. The molecular weight excluding hydrogens is 260 g/mol. The standard InChI is InChI=1S/C10H15BrN2O2/c11-7-3-5-8-4-1-2-6-9-12-15-10(14)13(8)9/h8H,1-7H2. The van der Waals surface area contributed by atoms with Crippen molar-refractivity contribution in [1.82, 2.24) is 9.72 Å². The normalized spacial score (nSPS) is 21.0. The van der Waals surface area contributed by atoms with Crippen molar-refractivity contribution in [1.29, 1.82) is 0 Å². The lowest BCUT2D eigenvalue weighted by Gasteiger charge is -2.14. The van der Waals surface area contributed by atoms with Crippen LogP contribution < -0.4 is 5.76 Å². The van der Waals surface area contributed by atoms with Crippen molar-refractivity contribution in [2.24, 2.45) is 0 Å². The SMILES string of the molecule is O=c1onc2n1C(CCCBr)CCCC2. The van der Waals surface area contributed by atoms with Gasteiger partial charge in [0, 0.05) is 17.8 Å². The molecule has 0 radical (unpaired) electrons. The molecule has 2 heterocycles. The lowest BCUT2D eigenvalue weighted by atomic mass is 10.1. The van der Waals surface area contributed by atoms with Crippen LogP contribution >= 0.6 is 15.9 Å². The van der Waals surface area contributed by atoms with Crippen molar-refractivity contribution in [3.05, 3.63) is 16.4 Å². The molecule has 0 amide bonds. The van der Waals surface area contributed by atoms with Gasteiger partial charge in [0.15, 0.2) is 5.82 Å². The number of fused-ring (bicyclic) bond motifs is 1. The summed E-state index contributed by atoms with van der Waals surface area (Å²) in [6, 6.07) is 0.291. The topological polar surface area (TPSA) is 48.0 Å². The Morgan fingerprint density at radius 3 is 3.20 bits per heavy atom. The van der Waals surface area contributed by atoms with E-state index >= 15 is 0 Å². The molecule has 4 nitrogen and oxygen atoms in total. The van der Waals surface area contributed by atoms with Crippen molar-refractivity contribution in [2.45, 2.75) is 44.6 Å². The quantitative estimate of drug-likeness (QED) is 0.795. The molecule has 1 atom stereocenters. The number of hydrogen-bond acceptors (Lipinski definition) is 3. The average Bonchev–Trinajstić information content (AvgIpc) is 2.50. The summed E-state index contributed by atoms with van der Waals surface area (Å²) in [6.45, 7) is 0. The Morgan fingerprint density at radius 1 is 1.53 bits per heavy atom. The monoisotopic (exact) mass is 274 g/mol. The van der Waals surface area contributed by atoms with E-state index in [4.69, 9.17) is 4.52 Å². The van der Waals surface area contributed by atoms with E-state index in [0.717, 1.165) is 43.3 Å². The highest BCUT2D eigenvalue weighted by Gasteiger charge is 2.22. The number of hydrogen-bond donors (Lipinski definition) is 0. The van der Waals surface area contributed by atoms with Crippen molar-refractivity contribution in [3.8, 4) is 0 Å². The molecule has 0 spiro atoms. The first-order chi connectivity index (χ1) is 7.33. The fourth-order valence-corrected chi connectivity index (χ4v) is 2.51. The van der Waals surface area contributed by atoms with Gasteiger partial charge in [-0.2, -0.15) is 0 Å². The minimum Gasteiger partial charge on any atom is -0.296 e. The highest BCUT2D eigenvalue weighted by Crippen LogP contribution is 2.25. The van der Waals surface area contributed by atoms with Gasteiger partial charge < -0.3 is 0 Å². The van der Waals surface area contributed by atoms with Crippen molar-refractivity contribution >= 4 is 15.9 Å². The van der Waals surface area contributed by atoms with Crippen LogP contribution in [0.15, 0.2) is 9.32 Å². The Bertz CT molecular complexity index is 372. The van der Waals surface area contributed by atoms with Crippen LogP contribution in [0.5, 0.6) is 0 Å². The highest BCUT2D eigenvalue weighted by molar-refractivity contribution is 9.09. The van der Waals surface area contributed by atoms with E-state index in [1.807, 2.05) is 0 Å². The number of nitrogens with zero attached hydrogens (tertiary/aromatic N) is 2. The predicted molar refractivity (Wildman–Crippen MR) is 60.4 cm³/mol. The van der Waals surface area contributed by atoms with Crippen LogP contribution in [0.2, 0.25) is 0 Å². The van der Waals surface area contributed by atoms with E-state index < -0.39 is 0 Å². The summed E-state index contributed by atoms with van der Waals surface area (Å²) < 4.78 is 6.49. The van der Waals surface area contributed by atoms with Gasteiger partial charge in [-0.3, -0.25) is 9.09 Å². The highest BCUT2D eigenvalue weighted by atomic mass is 79.9. The zero-order chi connectivity index (χ0) is 10.7. The van der Waals surface area contributed by atoms with Gasteiger partial charge in [0.1, 0.15) is 0 Å². The third-order valence-electron chi connectivity index (χ3n) is 2.93. The Labute approximate surface area is 96.8 Å². The molecule has 84 valence electrons. The molecule has 1 unspecified atom stereocenters. The maximum absolute atomic E-state index is 11.5. The van der Waals surface area contributed by atoms with E-state index in [-0.39, 0.29) is 5.76 Å². The first kappa shape index (κ1) is 10.9. The average molecular weight is 275 g/mol. The zero-order valence-corrected chi connectivity index (χ0v) is 10.2. The molecule has 0 aromatic carbocycles. The smallest absolute Gasteiger partial charge is 0.296 e. The van der Waals surface area contributed by atoms with Gasteiger partial charge in [0.2, 0.25) is 0 Å². The predicted octanol–water partition coefficient (Wildman–Crippen LogP) is 2.28. The third kappa shape index (κ3) is 2.33. The maximum atomic E-state index is 11.5. The van der Waals surface area contributed by atoms with Crippen LogP contribution in [0.4, 0.5) is 0 Å². The molecule has 1 aromatic rings. The van der Waals surface area contributed by atoms with Crippen LogP contribution in [0, 0.1) is 0 Å². The van der Waals surface area contributed by atoms with E-state index in [1.54, 1.807) is 4.57 Å². The van der Waals surface area contributed by atoms with Gasteiger partial charge in [0.05, 0.1) is 0 Å². The largest absolute Gasteiger partial charge is 0.441 e. The number of rotatable bonds is 3. The van der Waals surface area contributed by atoms with Gasteiger partial charge in [-0.05, 0) is 25.7 Å². The molecule has 0 saturated carbocycles. The molecule has 1 aliphatic heterocycles. The molecule has 0 aliphatic carbocycles. The second kappa shape index (κ2) is 4.96. The summed E-state index contributed by atoms with van der Waals surface area (Å²) in [6.07, 6.45) is 6.34. The molecule has 1 aromatic heterocycles. The first-order valence-corrected chi connectivity index (χ1v) is 6.58. The van der Waals surface area contributed by atoms with Crippen molar-refractivity contribution in [3.63, 3.8) is 0 Å². The van der Waals surface area contributed by atoms with Gasteiger partial charge in [-0.1, -0.05) is 27.5 Å². The van der Waals surface area contributed by atoms with Crippen LogP contribution in [-0.2, 0) is 6.42 Å². The maximum Gasteiger partial charge on any atom is 0.441 e. The fraction of sp³-hybridized carbons (Fsp3) is 0.800. The van der Waals surface area contributed by atoms with Crippen LogP contribution in [0.1, 0.15) is 44.0 Å². The lowest BCUT2D eigenvalue weighted by molar-refractivity contribution is 0.346. The van der Waals surface area contributed by atoms with E-state index in [9.17, 15) is 4.79 Å². The summed E-state index contributed by atoms with van der Waals surface area (Å²) in [5.41, 5.74) is 0. The molecule has 2 rings (SSSR count). The first-order valence-electron chi connectivity index (χ1n) is 5.46. The van der Waals surface area contributed by atoms with Crippen molar-refractivity contribution < 1.29 is 4.52 Å². The molecule has 0 bridgehead atoms. The van der Waals surface area contributed by atoms with Gasteiger partial charge >= 0.3 is 5.76 Å².